The number of Topliss-reactive ketones (excluding diaryl/α,β-unsaturated/α-hetero) is 1. The summed E-state index contributed by atoms with van der Waals surface area (Å²) in [5, 5.41) is 0. The van der Waals surface area contributed by atoms with Crippen molar-refractivity contribution in [2.45, 2.75) is 20.8 Å². The number of nitrogens with zero attached hydrogens (tertiary/aromatic N) is 1. The fourth-order valence-electron chi connectivity index (χ4n) is 1.63. The highest BCUT2D eigenvalue weighted by Gasteiger charge is 2.24. The van der Waals surface area contributed by atoms with Crippen LogP contribution in [0.15, 0.2) is 36.5 Å². The van der Waals surface area contributed by atoms with Crippen molar-refractivity contribution in [3.63, 3.8) is 0 Å². The predicted octanol–water partition coefficient (Wildman–Crippen LogP) is 3.17. The molecule has 0 fully saturated rings. The summed E-state index contributed by atoms with van der Waals surface area (Å²) in [6.45, 7) is 5.83. The summed E-state index contributed by atoms with van der Waals surface area (Å²) in [4.78, 5) is 12.1. The highest BCUT2D eigenvalue weighted by molar-refractivity contribution is 5.99. The van der Waals surface area contributed by atoms with Gasteiger partial charge >= 0.3 is 0 Å². The van der Waals surface area contributed by atoms with Crippen LogP contribution in [0.4, 0.5) is 0 Å². The zero-order valence-electron chi connectivity index (χ0n) is 9.32. The number of rotatable bonds is 1. The summed E-state index contributed by atoms with van der Waals surface area (Å²) >= 11 is 0. The second-order valence-electron chi connectivity index (χ2n) is 4.79. The summed E-state index contributed by atoms with van der Waals surface area (Å²) < 4.78 is 1.94. The van der Waals surface area contributed by atoms with E-state index >= 15 is 0 Å². The molecular formula is C13H15NO. The van der Waals surface area contributed by atoms with E-state index in [9.17, 15) is 4.79 Å². The van der Waals surface area contributed by atoms with Gasteiger partial charge in [0, 0.05) is 17.1 Å². The number of hydrogen-bond donors (Lipinski definition) is 0. The van der Waals surface area contributed by atoms with E-state index < -0.39 is 0 Å². The van der Waals surface area contributed by atoms with Crippen LogP contribution in [-0.4, -0.2) is 10.2 Å². The molecule has 2 heterocycles. The second-order valence-corrected chi connectivity index (χ2v) is 4.79. The molecule has 0 aromatic carbocycles. The minimum atomic E-state index is -0.329. The number of hydrogen-bond acceptors (Lipinski definition) is 1. The van der Waals surface area contributed by atoms with Gasteiger partial charge in [0.25, 0.3) is 0 Å². The van der Waals surface area contributed by atoms with E-state index in [2.05, 4.69) is 0 Å². The molecule has 0 aliphatic heterocycles. The van der Waals surface area contributed by atoms with Gasteiger partial charge in [-0.3, -0.25) is 4.79 Å². The topological polar surface area (TPSA) is 21.5 Å². The van der Waals surface area contributed by atoms with Crippen LogP contribution in [-0.2, 0) is 0 Å². The van der Waals surface area contributed by atoms with Gasteiger partial charge in [-0.25, -0.2) is 0 Å². The maximum absolute atomic E-state index is 12.1. The quantitative estimate of drug-likeness (QED) is 0.649. The van der Waals surface area contributed by atoms with Crippen LogP contribution in [0.3, 0.4) is 0 Å². The molecule has 2 aromatic rings. The molecule has 2 nitrogen and oxygen atoms in total. The molecule has 0 saturated heterocycles. The van der Waals surface area contributed by atoms with Gasteiger partial charge < -0.3 is 4.40 Å². The number of ketones is 1. The summed E-state index contributed by atoms with van der Waals surface area (Å²) in [6, 6.07) is 9.77. The Hall–Kier alpha value is -1.57. The average molecular weight is 201 g/mol. The van der Waals surface area contributed by atoms with Gasteiger partial charge in [-0.2, -0.15) is 0 Å². The molecule has 0 amide bonds. The number of carbonyl (C=O) groups is 1. The molecule has 0 saturated carbocycles. The van der Waals surface area contributed by atoms with E-state index in [1.54, 1.807) is 0 Å². The van der Waals surface area contributed by atoms with Crippen LogP contribution < -0.4 is 0 Å². The third-order valence-electron chi connectivity index (χ3n) is 2.48. The Kier molecular flexibility index (Phi) is 2.14. The molecule has 0 atom stereocenters. The first-order valence-electron chi connectivity index (χ1n) is 5.11. The lowest BCUT2D eigenvalue weighted by Crippen LogP contribution is -2.21. The van der Waals surface area contributed by atoms with Crippen LogP contribution in [0, 0.1) is 5.41 Å². The Labute approximate surface area is 89.5 Å². The first kappa shape index (κ1) is 9.97. The lowest BCUT2D eigenvalue weighted by molar-refractivity contribution is 0.0852. The summed E-state index contributed by atoms with van der Waals surface area (Å²) in [7, 11) is 0. The third kappa shape index (κ3) is 1.67. The first-order chi connectivity index (χ1) is 7.00. The largest absolute Gasteiger partial charge is 0.314 e. The lowest BCUT2D eigenvalue weighted by atomic mass is 9.89. The maximum Gasteiger partial charge on any atom is 0.184 e. The second kappa shape index (κ2) is 3.23. The van der Waals surface area contributed by atoms with Crippen LogP contribution >= 0.6 is 0 Å². The van der Waals surface area contributed by atoms with Crippen LogP contribution in [0.2, 0.25) is 0 Å². The van der Waals surface area contributed by atoms with E-state index in [0.29, 0.717) is 0 Å². The molecule has 0 bridgehead atoms. The Bertz CT molecular complexity index is 502. The van der Waals surface area contributed by atoms with Gasteiger partial charge in [0.15, 0.2) is 5.78 Å². The monoisotopic (exact) mass is 201 g/mol. The molecule has 0 radical (unpaired) electrons. The van der Waals surface area contributed by atoms with Crippen molar-refractivity contribution in [2.24, 2.45) is 5.41 Å². The molecule has 15 heavy (non-hydrogen) atoms. The van der Waals surface area contributed by atoms with Crippen molar-refractivity contribution < 1.29 is 4.79 Å². The summed E-state index contributed by atoms with van der Waals surface area (Å²) in [6.07, 6.45) is 1.92. The molecule has 0 aliphatic rings. The van der Waals surface area contributed by atoms with E-state index in [-0.39, 0.29) is 11.2 Å². The SMILES string of the molecule is CC(C)(C)C(=O)c1ccc2ccccn12. The van der Waals surface area contributed by atoms with E-state index in [1.165, 1.54) is 0 Å². The van der Waals surface area contributed by atoms with E-state index in [4.69, 9.17) is 0 Å². The standard InChI is InChI=1S/C13H15NO/c1-13(2,3)12(15)11-8-7-10-6-4-5-9-14(10)11/h4-9H,1-3H3. The molecule has 0 unspecified atom stereocenters. The molecule has 2 rings (SSSR count). The van der Waals surface area contributed by atoms with Crippen molar-refractivity contribution in [3.05, 3.63) is 42.2 Å². The Morgan fingerprint density at radius 2 is 1.87 bits per heavy atom. The minimum absolute atomic E-state index is 0.175. The summed E-state index contributed by atoms with van der Waals surface area (Å²) in [5.74, 6) is 0.175. The van der Waals surface area contributed by atoms with Crippen molar-refractivity contribution >= 4 is 11.3 Å². The van der Waals surface area contributed by atoms with Crippen LogP contribution in [0.1, 0.15) is 31.3 Å². The molecule has 78 valence electrons. The average Bonchev–Trinajstić information content (AvgIpc) is 2.58. The fourth-order valence-corrected chi connectivity index (χ4v) is 1.63. The summed E-state index contributed by atoms with van der Waals surface area (Å²) in [5.41, 5.74) is 1.49. The predicted molar refractivity (Wildman–Crippen MR) is 61.2 cm³/mol. The molecule has 2 heteroatoms. The van der Waals surface area contributed by atoms with Gasteiger partial charge in [0.05, 0.1) is 5.69 Å². The Balaban J connectivity index is 2.58. The van der Waals surface area contributed by atoms with Gasteiger partial charge in [-0.05, 0) is 24.3 Å². The zero-order valence-corrected chi connectivity index (χ0v) is 9.32. The minimum Gasteiger partial charge on any atom is -0.314 e. The smallest absolute Gasteiger partial charge is 0.184 e. The highest BCUT2D eigenvalue weighted by Crippen LogP contribution is 2.22. The van der Waals surface area contributed by atoms with Crippen molar-refractivity contribution in [1.82, 2.24) is 4.40 Å². The Morgan fingerprint density at radius 3 is 2.53 bits per heavy atom. The first-order valence-corrected chi connectivity index (χ1v) is 5.11. The van der Waals surface area contributed by atoms with Gasteiger partial charge in [0.2, 0.25) is 0 Å². The lowest BCUT2D eigenvalue weighted by Gasteiger charge is -2.16. The van der Waals surface area contributed by atoms with E-state index in [1.807, 2.05) is 61.7 Å². The van der Waals surface area contributed by atoms with Gasteiger partial charge in [-0.15, -0.1) is 0 Å². The number of fused-ring (bicyclic) bond motifs is 1. The number of aromatic nitrogens is 1. The van der Waals surface area contributed by atoms with E-state index in [0.717, 1.165) is 11.2 Å². The molecule has 0 N–H and O–H groups in total. The normalized spacial score (nSPS) is 11.9. The van der Waals surface area contributed by atoms with Gasteiger partial charge in [-0.1, -0.05) is 26.8 Å². The maximum atomic E-state index is 12.1. The fraction of sp³-hybridized carbons (Fsp3) is 0.308. The van der Waals surface area contributed by atoms with Crippen LogP contribution in [0.5, 0.6) is 0 Å². The zero-order chi connectivity index (χ0) is 11.1. The van der Waals surface area contributed by atoms with Crippen LogP contribution in [0.25, 0.3) is 5.52 Å². The van der Waals surface area contributed by atoms with Crippen molar-refractivity contribution in [2.75, 3.05) is 0 Å². The molecule has 0 spiro atoms. The molecule has 0 aliphatic carbocycles. The number of pyridine rings is 1. The van der Waals surface area contributed by atoms with Crippen molar-refractivity contribution in [3.8, 4) is 0 Å². The Morgan fingerprint density at radius 1 is 1.13 bits per heavy atom. The van der Waals surface area contributed by atoms with Crippen molar-refractivity contribution in [1.29, 1.82) is 0 Å². The number of carbonyl (C=O) groups excluding carboxylic acids is 1. The molecular weight excluding hydrogens is 186 g/mol. The van der Waals surface area contributed by atoms with Gasteiger partial charge in [0.1, 0.15) is 0 Å². The third-order valence-corrected chi connectivity index (χ3v) is 2.48. The molecule has 2 aromatic heterocycles. The highest BCUT2D eigenvalue weighted by atomic mass is 16.1.